The third-order valence-corrected chi connectivity index (χ3v) is 2.78. The molecule has 1 aromatic rings. The molecule has 0 aliphatic heterocycles. The van der Waals surface area contributed by atoms with Gasteiger partial charge in [-0.3, -0.25) is 0 Å². The van der Waals surface area contributed by atoms with Crippen molar-refractivity contribution in [3.8, 4) is 0 Å². The van der Waals surface area contributed by atoms with Gasteiger partial charge in [-0.1, -0.05) is 23.4 Å². The predicted octanol–water partition coefficient (Wildman–Crippen LogP) is 2.13. The van der Waals surface area contributed by atoms with Crippen LogP contribution in [0.25, 0.3) is 0 Å². The Morgan fingerprint density at radius 2 is 1.69 bits per heavy atom. The molecular formula is C10H15N3O2S. The maximum absolute atomic E-state index is 11.7. The smallest absolute Gasteiger partial charge is 0.200 e. The molecule has 0 saturated carbocycles. The van der Waals surface area contributed by atoms with Crippen molar-refractivity contribution in [1.82, 2.24) is 4.83 Å². The van der Waals surface area contributed by atoms with E-state index < -0.39 is 15.6 Å². The highest BCUT2D eigenvalue weighted by atomic mass is 32.2. The summed E-state index contributed by atoms with van der Waals surface area (Å²) in [7, 11) is -3.59. The van der Waals surface area contributed by atoms with Crippen LogP contribution in [0.1, 0.15) is 20.8 Å². The van der Waals surface area contributed by atoms with E-state index in [9.17, 15) is 8.42 Å². The van der Waals surface area contributed by atoms with Crippen LogP contribution < -0.4 is 4.83 Å². The molecule has 1 rings (SSSR count). The average Bonchev–Trinajstić information content (AvgIpc) is 2.17. The third kappa shape index (κ3) is 3.98. The van der Waals surface area contributed by atoms with Gasteiger partial charge in [-0.2, -0.15) is 18.4 Å². The van der Waals surface area contributed by atoms with Gasteiger partial charge in [0.1, 0.15) is 0 Å². The fraction of sp³-hybridized carbons (Fsp3) is 0.400. The normalized spacial score (nSPS) is 12.9. The van der Waals surface area contributed by atoms with E-state index in [4.69, 9.17) is 0 Å². The number of sulfonamides is 1. The molecule has 0 amide bonds. The van der Waals surface area contributed by atoms with Crippen molar-refractivity contribution in [3.63, 3.8) is 0 Å². The minimum Gasteiger partial charge on any atom is -0.200 e. The molecule has 0 aromatic heterocycles. The molecular weight excluding hydrogens is 226 g/mol. The van der Waals surface area contributed by atoms with Crippen LogP contribution in [0.4, 0.5) is 0 Å². The van der Waals surface area contributed by atoms with E-state index in [-0.39, 0.29) is 4.90 Å². The van der Waals surface area contributed by atoms with Gasteiger partial charge in [-0.25, -0.2) is 0 Å². The molecule has 0 spiro atoms. The number of benzene rings is 1. The minimum atomic E-state index is -3.59. The van der Waals surface area contributed by atoms with E-state index in [2.05, 4.69) is 15.2 Å². The Hall–Kier alpha value is -1.43. The zero-order chi connectivity index (χ0) is 12.2. The molecule has 0 aliphatic rings. The molecule has 6 heteroatoms. The van der Waals surface area contributed by atoms with Crippen LogP contribution in [0.15, 0.2) is 45.6 Å². The number of nitrogens with zero attached hydrogens (tertiary/aromatic N) is 2. The minimum absolute atomic E-state index is 0.169. The second-order valence-electron chi connectivity index (χ2n) is 4.28. The maximum Gasteiger partial charge on any atom is 0.277 e. The van der Waals surface area contributed by atoms with Gasteiger partial charge in [-0.05, 0) is 32.9 Å². The van der Waals surface area contributed by atoms with Gasteiger partial charge < -0.3 is 0 Å². The number of rotatable bonds is 3. The highest BCUT2D eigenvalue weighted by Crippen LogP contribution is 2.09. The van der Waals surface area contributed by atoms with Gasteiger partial charge in [0.2, 0.25) is 0 Å². The zero-order valence-corrected chi connectivity index (χ0v) is 10.3. The van der Waals surface area contributed by atoms with E-state index in [1.807, 2.05) is 20.8 Å². The highest BCUT2D eigenvalue weighted by molar-refractivity contribution is 7.89. The lowest BCUT2D eigenvalue weighted by molar-refractivity contribution is 0.525. The summed E-state index contributed by atoms with van der Waals surface area (Å²) in [6, 6.07) is 8.03. The van der Waals surface area contributed by atoms with Crippen LogP contribution in [0.3, 0.4) is 0 Å². The SMILES string of the molecule is CC(C)(C)N=NNS(=O)(=O)c1ccccc1. The number of nitrogens with one attached hydrogen (secondary N) is 1. The van der Waals surface area contributed by atoms with Crippen molar-refractivity contribution < 1.29 is 8.42 Å². The van der Waals surface area contributed by atoms with E-state index in [0.717, 1.165) is 0 Å². The molecule has 0 fully saturated rings. The summed E-state index contributed by atoms with van der Waals surface area (Å²) in [6.45, 7) is 5.48. The Balaban J connectivity index is 2.79. The Labute approximate surface area is 95.6 Å². The first-order valence-electron chi connectivity index (χ1n) is 4.80. The molecule has 0 heterocycles. The fourth-order valence-corrected chi connectivity index (χ4v) is 1.65. The number of hydrogen-bond acceptors (Lipinski definition) is 4. The van der Waals surface area contributed by atoms with Crippen LogP contribution in [-0.2, 0) is 10.0 Å². The summed E-state index contributed by atoms with van der Waals surface area (Å²) in [5.41, 5.74) is -0.404. The van der Waals surface area contributed by atoms with E-state index in [1.54, 1.807) is 18.2 Å². The monoisotopic (exact) mass is 241 g/mol. The highest BCUT2D eigenvalue weighted by Gasteiger charge is 2.13. The Kier molecular flexibility index (Phi) is 3.64. The van der Waals surface area contributed by atoms with E-state index in [0.29, 0.717) is 0 Å². The van der Waals surface area contributed by atoms with Crippen molar-refractivity contribution >= 4 is 10.0 Å². The van der Waals surface area contributed by atoms with Crippen molar-refractivity contribution in [2.24, 2.45) is 10.3 Å². The van der Waals surface area contributed by atoms with Crippen molar-refractivity contribution in [3.05, 3.63) is 30.3 Å². The lowest BCUT2D eigenvalue weighted by Crippen LogP contribution is -2.19. The summed E-state index contributed by atoms with van der Waals surface area (Å²) in [5, 5.41) is 7.28. The van der Waals surface area contributed by atoms with E-state index >= 15 is 0 Å². The van der Waals surface area contributed by atoms with Crippen LogP contribution >= 0.6 is 0 Å². The van der Waals surface area contributed by atoms with Crippen LogP contribution in [-0.4, -0.2) is 14.0 Å². The van der Waals surface area contributed by atoms with Crippen molar-refractivity contribution in [1.29, 1.82) is 0 Å². The van der Waals surface area contributed by atoms with Gasteiger partial charge in [0, 0.05) is 0 Å². The predicted molar refractivity (Wildman–Crippen MR) is 61.4 cm³/mol. The molecule has 0 unspecified atom stereocenters. The molecule has 1 aromatic carbocycles. The second-order valence-corrected chi connectivity index (χ2v) is 5.94. The zero-order valence-electron chi connectivity index (χ0n) is 9.51. The first-order chi connectivity index (χ1) is 7.31. The lowest BCUT2D eigenvalue weighted by atomic mass is 10.1. The first-order valence-corrected chi connectivity index (χ1v) is 6.28. The first kappa shape index (κ1) is 12.6. The topological polar surface area (TPSA) is 70.9 Å². The quantitative estimate of drug-likeness (QED) is 0.650. The number of hydrogen-bond donors (Lipinski definition) is 1. The van der Waals surface area contributed by atoms with Gasteiger partial charge in [0.25, 0.3) is 10.0 Å². The third-order valence-electron chi connectivity index (χ3n) is 1.56. The maximum atomic E-state index is 11.7. The summed E-state index contributed by atoms with van der Waals surface area (Å²) >= 11 is 0. The van der Waals surface area contributed by atoms with Crippen molar-refractivity contribution in [2.45, 2.75) is 31.2 Å². The molecule has 16 heavy (non-hydrogen) atoms. The van der Waals surface area contributed by atoms with Gasteiger partial charge in [0.05, 0.1) is 10.4 Å². The standard InChI is InChI=1S/C10H15N3O2S/c1-10(2,3)11-12-13-16(14,15)9-7-5-4-6-8-9/h4-8H,1-3H3,(H,11,13). The molecule has 0 atom stereocenters. The summed E-state index contributed by atoms with van der Waals surface area (Å²) in [5.74, 6) is 0. The molecule has 0 bridgehead atoms. The summed E-state index contributed by atoms with van der Waals surface area (Å²) in [6.07, 6.45) is 0. The van der Waals surface area contributed by atoms with Gasteiger partial charge in [0.15, 0.2) is 0 Å². The molecule has 88 valence electrons. The molecule has 0 aliphatic carbocycles. The van der Waals surface area contributed by atoms with E-state index in [1.165, 1.54) is 12.1 Å². The Bertz CT molecular complexity index is 461. The van der Waals surface area contributed by atoms with Gasteiger partial charge >= 0.3 is 0 Å². The lowest BCUT2D eigenvalue weighted by Gasteiger charge is -2.09. The summed E-state index contributed by atoms with van der Waals surface area (Å²) < 4.78 is 23.3. The molecule has 5 nitrogen and oxygen atoms in total. The second kappa shape index (κ2) is 4.61. The van der Waals surface area contributed by atoms with Gasteiger partial charge in [-0.15, -0.1) is 0 Å². The van der Waals surface area contributed by atoms with Crippen LogP contribution in [0.5, 0.6) is 0 Å². The van der Waals surface area contributed by atoms with Crippen LogP contribution in [0.2, 0.25) is 0 Å². The van der Waals surface area contributed by atoms with Crippen molar-refractivity contribution in [2.75, 3.05) is 0 Å². The molecule has 1 N–H and O–H groups in total. The molecule has 0 saturated heterocycles. The fourth-order valence-electron chi connectivity index (χ4n) is 0.877. The average molecular weight is 241 g/mol. The van der Waals surface area contributed by atoms with Crippen LogP contribution in [0, 0.1) is 0 Å². The Morgan fingerprint density at radius 3 is 2.19 bits per heavy atom. The largest absolute Gasteiger partial charge is 0.277 e. The molecule has 0 radical (unpaired) electrons. The Morgan fingerprint density at radius 1 is 1.12 bits per heavy atom. The summed E-state index contributed by atoms with van der Waals surface area (Å²) in [4.78, 5) is 2.23.